The molecule has 21 heavy (non-hydrogen) atoms. The van der Waals surface area contributed by atoms with Gasteiger partial charge in [0.1, 0.15) is 6.07 Å². The van der Waals surface area contributed by atoms with Crippen LogP contribution < -0.4 is 11.1 Å². The number of rotatable bonds is 2. The molecule has 1 atom stereocenters. The van der Waals surface area contributed by atoms with E-state index < -0.39 is 0 Å². The zero-order valence-corrected chi connectivity index (χ0v) is 12.3. The van der Waals surface area contributed by atoms with E-state index in [0.717, 1.165) is 30.6 Å². The highest BCUT2D eigenvalue weighted by atomic mass is 35.5. The Kier molecular flexibility index (Phi) is 3.72. The van der Waals surface area contributed by atoms with Crippen LogP contribution >= 0.6 is 11.6 Å². The highest BCUT2D eigenvalue weighted by Crippen LogP contribution is 2.35. The summed E-state index contributed by atoms with van der Waals surface area (Å²) in [6, 6.07) is 13.9. The topological polar surface area (TPSA) is 61.8 Å². The second-order valence-electron chi connectivity index (χ2n) is 5.32. The summed E-state index contributed by atoms with van der Waals surface area (Å²) in [7, 11) is 0. The molecule has 1 aliphatic rings. The van der Waals surface area contributed by atoms with Crippen LogP contribution in [0.1, 0.15) is 35.6 Å². The number of anilines is 2. The molecule has 2 aromatic carbocycles. The lowest BCUT2D eigenvalue weighted by atomic mass is 9.87. The lowest BCUT2D eigenvalue weighted by Crippen LogP contribution is -2.18. The fourth-order valence-corrected chi connectivity index (χ4v) is 3.15. The van der Waals surface area contributed by atoms with E-state index in [1.165, 1.54) is 11.1 Å². The molecule has 0 radical (unpaired) electrons. The van der Waals surface area contributed by atoms with Crippen molar-refractivity contribution in [3.8, 4) is 6.07 Å². The first-order chi connectivity index (χ1) is 10.2. The van der Waals surface area contributed by atoms with Gasteiger partial charge in [-0.3, -0.25) is 0 Å². The van der Waals surface area contributed by atoms with Crippen LogP contribution in [0.15, 0.2) is 36.4 Å². The minimum atomic E-state index is 0.194. The van der Waals surface area contributed by atoms with Crippen molar-refractivity contribution >= 4 is 23.0 Å². The van der Waals surface area contributed by atoms with Crippen molar-refractivity contribution in [1.29, 1.82) is 5.26 Å². The molecular formula is C17H16ClN3. The summed E-state index contributed by atoms with van der Waals surface area (Å²) in [5.41, 5.74) is 10.5. The van der Waals surface area contributed by atoms with Crippen molar-refractivity contribution < 1.29 is 0 Å². The van der Waals surface area contributed by atoms with Gasteiger partial charge in [-0.05, 0) is 54.7 Å². The normalized spacial score (nSPS) is 16.9. The number of benzene rings is 2. The van der Waals surface area contributed by atoms with Gasteiger partial charge >= 0.3 is 0 Å². The highest BCUT2D eigenvalue weighted by molar-refractivity contribution is 6.32. The maximum atomic E-state index is 9.27. The Hall–Kier alpha value is -2.18. The van der Waals surface area contributed by atoms with Gasteiger partial charge in [-0.15, -0.1) is 0 Å². The average molecular weight is 298 g/mol. The number of nitriles is 1. The fraction of sp³-hybridized carbons (Fsp3) is 0.235. The maximum Gasteiger partial charge on any atom is 0.103 e. The van der Waals surface area contributed by atoms with Crippen molar-refractivity contribution in [2.45, 2.75) is 25.3 Å². The van der Waals surface area contributed by atoms with E-state index in [1.807, 2.05) is 24.3 Å². The molecule has 0 saturated heterocycles. The molecule has 0 amide bonds. The van der Waals surface area contributed by atoms with E-state index in [-0.39, 0.29) is 6.04 Å². The summed E-state index contributed by atoms with van der Waals surface area (Å²) in [5.74, 6) is 0. The number of nitrogens with one attached hydrogen (secondary N) is 1. The molecule has 3 nitrogen and oxygen atoms in total. The predicted octanol–water partition coefficient (Wildman–Crippen LogP) is 4.28. The van der Waals surface area contributed by atoms with E-state index in [0.29, 0.717) is 10.6 Å². The molecule has 106 valence electrons. The summed E-state index contributed by atoms with van der Waals surface area (Å²) < 4.78 is 0. The Morgan fingerprint density at radius 2 is 2.14 bits per heavy atom. The van der Waals surface area contributed by atoms with Crippen LogP contribution in [0.4, 0.5) is 11.4 Å². The largest absolute Gasteiger partial charge is 0.399 e. The molecule has 3 rings (SSSR count). The molecule has 0 fully saturated rings. The molecular weight excluding hydrogens is 282 g/mol. The van der Waals surface area contributed by atoms with Gasteiger partial charge in [0.15, 0.2) is 0 Å². The van der Waals surface area contributed by atoms with Crippen molar-refractivity contribution in [2.75, 3.05) is 11.1 Å². The van der Waals surface area contributed by atoms with Gasteiger partial charge in [-0.2, -0.15) is 5.26 Å². The van der Waals surface area contributed by atoms with E-state index >= 15 is 0 Å². The first kappa shape index (κ1) is 13.8. The summed E-state index contributed by atoms with van der Waals surface area (Å²) in [6.07, 6.45) is 3.20. The third-order valence-corrected chi connectivity index (χ3v) is 4.25. The number of nitrogens with zero attached hydrogens (tertiary/aromatic N) is 1. The SMILES string of the molecule is N#Cc1c(Cl)cccc1NC1CCCc2cc(N)ccc21. The first-order valence-corrected chi connectivity index (χ1v) is 7.40. The minimum Gasteiger partial charge on any atom is -0.399 e. The highest BCUT2D eigenvalue weighted by Gasteiger charge is 2.21. The van der Waals surface area contributed by atoms with Crippen molar-refractivity contribution in [3.63, 3.8) is 0 Å². The number of hydrogen-bond acceptors (Lipinski definition) is 3. The van der Waals surface area contributed by atoms with Crippen molar-refractivity contribution in [1.82, 2.24) is 0 Å². The summed E-state index contributed by atoms with van der Waals surface area (Å²) in [5, 5.41) is 13.2. The Balaban J connectivity index is 1.95. The number of nitrogens with two attached hydrogens (primary N) is 1. The molecule has 4 heteroatoms. The van der Waals surface area contributed by atoms with Crippen LogP contribution in [0.2, 0.25) is 5.02 Å². The molecule has 2 aromatic rings. The minimum absolute atomic E-state index is 0.194. The Labute approximate surface area is 129 Å². The predicted molar refractivity (Wildman–Crippen MR) is 86.3 cm³/mol. The monoisotopic (exact) mass is 297 g/mol. The third kappa shape index (κ3) is 2.68. The maximum absolute atomic E-state index is 9.27. The Morgan fingerprint density at radius 1 is 1.29 bits per heavy atom. The lowest BCUT2D eigenvalue weighted by molar-refractivity contribution is 0.600. The van der Waals surface area contributed by atoms with E-state index in [1.54, 1.807) is 6.07 Å². The van der Waals surface area contributed by atoms with Crippen LogP contribution in [0, 0.1) is 11.3 Å². The second kappa shape index (κ2) is 5.67. The molecule has 0 aliphatic heterocycles. The smallest absolute Gasteiger partial charge is 0.103 e. The molecule has 0 spiro atoms. The summed E-state index contributed by atoms with van der Waals surface area (Å²) >= 11 is 6.09. The van der Waals surface area contributed by atoms with Gasteiger partial charge < -0.3 is 11.1 Å². The van der Waals surface area contributed by atoms with Crippen LogP contribution in [0.3, 0.4) is 0 Å². The van der Waals surface area contributed by atoms with Gasteiger partial charge in [0, 0.05) is 5.69 Å². The standard InChI is InChI=1S/C17H16ClN3/c18-15-4-2-6-17(14(15)10-19)21-16-5-1-3-11-9-12(20)7-8-13(11)16/h2,4,6-9,16,21H,1,3,5,20H2. The molecule has 0 heterocycles. The number of nitrogen functional groups attached to an aromatic ring is 1. The average Bonchev–Trinajstić information content (AvgIpc) is 2.47. The number of aryl methyl sites for hydroxylation is 1. The molecule has 1 aliphatic carbocycles. The summed E-state index contributed by atoms with van der Waals surface area (Å²) in [6.45, 7) is 0. The van der Waals surface area contributed by atoms with Crippen LogP contribution in [-0.2, 0) is 6.42 Å². The van der Waals surface area contributed by atoms with Gasteiger partial charge in [-0.1, -0.05) is 23.7 Å². The van der Waals surface area contributed by atoms with Crippen molar-refractivity contribution in [2.24, 2.45) is 0 Å². The first-order valence-electron chi connectivity index (χ1n) is 7.02. The fourth-order valence-electron chi connectivity index (χ4n) is 2.93. The summed E-state index contributed by atoms with van der Waals surface area (Å²) in [4.78, 5) is 0. The van der Waals surface area contributed by atoms with E-state index in [9.17, 15) is 5.26 Å². The van der Waals surface area contributed by atoms with E-state index in [2.05, 4.69) is 17.5 Å². The Bertz CT molecular complexity index is 718. The molecule has 1 unspecified atom stereocenters. The van der Waals surface area contributed by atoms with Gasteiger partial charge in [0.2, 0.25) is 0 Å². The zero-order valence-electron chi connectivity index (χ0n) is 11.6. The van der Waals surface area contributed by atoms with Gasteiger partial charge in [-0.25, -0.2) is 0 Å². The van der Waals surface area contributed by atoms with Gasteiger partial charge in [0.05, 0.1) is 22.3 Å². The van der Waals surface area contributed by atoms with Gasteiger partial charge in [0.25, 0.3) is 0 Å². The third-order valence-electron chi connectivity index (χ3n) is 3.94. The molecule has 0 saturated carbocycles. The van der Waals surface area contributed by atoms with E-state index in [4.69, 9.17) is 17.3 Å². The second-order valence-corrected chi connectivity index (χ2v) is 5.73. The number of halogens is 1. The molecule has 3 N–H and O–H groups in total. The molecule has 0 bridgehead atoms. The zero-order chi connectivity index (χ0) is 14.8. The van der Waals surface area contributed by atoms with Crippen LogP contribution in [0.5, 0.6) is 0 Å². The Morgan fingerprint density at radius 3 is 2.95 bits per heavy atom. The van der Waals surface area contributed by atoms with Crippen LogP contribution in [-0.4, -0.2) is 0 Å². The lowest BCUT2D eigenvalue weighted by Gasteiger charge is -2.28. The molecule has 0 aromatic heterocycles. The number of fused-ring (bicyclic) bond motifs is 1. The number of hydrogen-bond donors (Lipinski definition) is 2. The quantitative estimate of drug-likeness (QED) is 0.813. The van der Waals surface area contributed by atoms with Crippen molar-refractivity contribution in [3.05, 3.63) is 58.1 Å². The van der Waals surface area contributed by atoms with Crippen LogP contribution in [0.25, 0.3) is 0 Å².